The number of thioether (sulfide) groups is 1. The Bertz CT molecular complexity index is 753. The van der Waals surface area contributed by atoms with Crippen molar-refractivity contribution in [3.8, 4) is 11.4 Å². The van der Waals surface area contributed by atoms with Gasteiger partial charge in [0.25, 0.3) is 0 Å². The van der Waals surface area contributed by atoms with E-state index in [1.165, 1.54) is 5.56 Å². The fraction of sp³-hybridized carbons (Fsp3) is 0.294. The SMILES string of the molecule is COCCSc1nnc(-c2cccc(C)c2)n1Cc1ccco1. The zero-order chi connectivity index (χ0) is 16.1. The monoisotopic (exact) mass is 329 g/mol. The third-order valence-corrected chi connectivity index (χ3v) is 4.34. The molecule has 0 saturated heterocycles. The van der Waals surface area contributed by atoms with Crippen LogP contribution in [-0.4, -0.2) is 34.2 Å². The number of methoxy groups -OCH3 is 1. The minimum absolute atomic E-state index is 0.610. The largest absolute Gasteiger partial charge is 0.467 e. The number of hydrogen-bond donors (Lipinski definition) is 0. The summed E-state index contributed by atoms with van der Waals surface area (Å²) >= 11 is 1.64. The summed E-state index contributed by atoms with van der Waals surface area (Å²) in [6, 6.07) is 12.1. The first-order valence-electron chi connectivity index (χ1n) is 7.42. The molecule has 0 N–H and O–H groups in total. The fourth-order valence-corrected chi connectivity index (χ4v) is 3.15. The molecule has 120 valence electrons. The van der Waals surface area contributed by atoms with Crippen LogP contribution in [-0.2, 0) is 11.3 Å². The van der Waals surface area contributed by atoms with Crippen LogP contribution in [0, 0.1) is 6.92 Å². The Morgan fingerprint density at radius 2 is 2.13 bits per heavy atom. The molecule has 23 heavy (non-hydrogen) atoms. The van der Waals surface area contributed by atoms with Crippen LogP contribution < -0.4 is 0 Å². The lowest BCUT2D eigenvalue weighted by Gasteiger charge is -2.09. The molecule has 0 atom stereocenters. The molecule has 0 bridgehead atoms. The van der Waals surface area contributed by atoms with Gasteiger partial charge in [-0.25, -0.2) is 0 Å². The second-order valence-electron chi connectivity index (χ2n) is 5.18. The van der Waals surface area contributed by atoms with E-state index in [9.17, 15) is 0 Å². The van der Waals surface area contributed by atoms with Gasteiger partial charge in [-0.2, -0.15) is 0 Å². The minimum atomic E-state index is 0.610. The predicted molar refractivity (Wildman–Crippen MR) is 90.6 cm³/mol. The maximum absolute atomic E-state index is 5.49. The highest BCUT2D eigenvalue weighted by Gasteiger charge is 2.15. The van der Waals surface area contributed by atoms with Gasteiger partial charge < -0.3 is 9.15 Å². The van der Waals surface area contributed by atoms with Crippen molar-refractivity contribution in [1.29, 1.82) is 0 Å². The van der Waals surface area contributed by atoms with Crippen molar-refractivity contribution >= 4 is 11.8 Å². The van der Waals surface area contributed by atoms with Crippen LogP contribution in [0.1, 0.15) is 11.3 Å². The molecule has 0 spiro atoms. The van der Waals surface area contributed by atoms with Gasteiger partial charge in [-0.05, 0) is 25.1 Å². The van der Waals surface area contributed by atoms with E-state index in [4.69, 9.17) is 9.15 Å². The van der Waals surface area contributed by atoms with E-state index in [0.717, 1.165) is 28.1 Å². The summed E-state index contributed by atoms with van der Waals surface area (Å²) in [7, 11) is 1.70. The highest BCUT2D eigenvalue weighted by atomic mass is 32.2. The molecular formula is C17H19N3O2S. The minimum Gasteiger partial charge on any atom is -0.467 e. The van der Waals surface area contributed by atoms with Crippen LogP contribution in [0.2, 0.25) is 0 Å². The van der Waals surface area contributed by atoms with Crippen molar-refractivity contribution in [2.24, 2.45) is 0 Å². The van der Waals surface area contributed by atoms with E-state index in [-0.39, 0.29) is 0 Å². The molecule has 5 nitrogen and oxygen atoms in total. The van der Waals surface area contributed by atoms with Crippen molar-refractivity contribution in [1.82, 2.24) is 14.8 Å². The molecular weight excluding hydrogens is 310 g/mol. The lowest BCUT2D eigenvalue weighted by Crippen LogP contribution is -2.04. The van der Waals surface area contributed by atoms with Gasteiger partial charge in [-0.1, -0.05) is 35.5 Å². The molecule has 0 saturated carbocycles. The highest BCUT2D eigenvalue weighted by Crippen LogP contribution is 2.25. The van der Waals surface area contributed by atoms with Gasteiger partial charge in [-0.15, -0.1) is 10.2 Å². The van der Waals surface area contributed by atoms with E-state index in [0.29, 0.717) is 13.2 Å². The van der Waals surface area contributed by atoms with E-state index >= 15 is 0 Å². The maximum Gasteiger partial charge on any atom is 0.192 e. The van der Waals surface area contributed by atoms with E-state index in [1.807, 2.05) is 18.2 Å². The van der Waals surface area contributed by atoms with Crippen LogP contribution in [0.15, 0.2) is 52.2 Å². The summed E-state index contributed by atoms with van der Waals surface area (Å²) in [5.41, 5.74) is 2.26. The zero-order valence-corrected chi connectivity index (χ0v) is 14.0. The number of benzene rings is 1. The number of aromatic nitrogens is 3. The third kappa shape index (κ3) is 3.83. The molecule has 6 heteroatoms. The lowest BCUT2D eigenvalue weighted by atomic mass is 10.1. The quantitative estimate of drug-likeness (QED) is 0.489. The average molecular weight is 329 g/mol. The number of rotatable bonds is 7. The Balaban J connectivity index is 1.94. The van der Waals surface area contributed by atoms with Gasteiger partial charge in [0.15, 0.2) is 11.0 Å². The summed E-state index contributed by atoms with van der Waals surface area (Å²) < 4.78 is 12.7. The second-order valence-corrected chi connectivity index (χ2v) is 6.24. The molecule has 3 aromatic rings. The molecule has 1 aromatic carbocycles. The number of furan rings is 1. The van der Waals surface area contributed by atoms with Crippen LogP contribution in [0.4, 0.5) is 0 Å². The van der Waals surface area contributed by atoms with E-state index in [2.05, 4.69) is 39.9 Å². The maximum atomic E-state index is 5.49. The number of nitrogens with zero attached hydrogens (tertiary/aromatic N) is 3. The predicted octanol–water partition coefficient (Wildman–Crippen LogP) is 3.63. The number of aryl methyl sites for hydroxylation is 1. The van der Waals surface area contributed by atoms with Gasteiger partial charge in [0.1, 0.15) is 5.76 Å². The molecule has 0 aliphatic carbocycles. The molecule has 3 rings (SSSR count). The Labute approximate surface area is 139 Å². The summed E-state index contributed by atoms with van der Waals surface area (Å²) in [5, 5.41) is 9.62. The topological polar surface area (TPSA) is 53.1 Å². The fourth-order valence-electron chi connectivity index (χ4n) is 2.31. The Kier molecular flexibility index (Phi) is 5.15. The Morgan fingerprint density at radius 3 is 2.87 bits per heavy atom. The van der Waals surface area contributed by atoms with Crippen LogP contribution in [0.5, 0.6) is 0 Å². The van der Waals surface area contributed by atoms with Crippen LogP contribution >= 0.6 is 11.8 Å². The van der Waals surface area contributed by atoms with Crippen molar-refractivity contribution in [2.45, 2.75) is 18.6 Å². The molecule has 0 aliphatic rings. The van der Waals surface area contributed by atoms with Crippen molar-refractivity contribution < 1.29 is 9.15 Å². The first-order chi connectivity index (χ1) is 11.3. The summed E-state index contributed by atoms with van der Waals surface area (Å²) in [6.45, 7) is 3.36. The molecule has 0 amide bonds. The van der Waals surface area contributed by atoms with E-state index < -0.39 is 0 Å². The second kappa shape index (κ2) is 7.48. The molecule has 0 radical (unpaired) electrons. The van der Waals surface area contributed by atoms with Gasteiger partial charge in [0.05, 0.1) is 19.4 Å². The number of hydrogen-bond acceptors (Lipinski definition) is 5. The number of ether oxygens (including phenoxy) is 1. The van der Waals surface area contributed by atoms with Gasteiger partial charge in [0.2, 0.25) is 0 Å². The molecule has 2 aromatic heterocycles. The van der Waals surface area contributed by atoms with Crippen molar-refractivity contribution in [3.05, 3.63) is 54.0 Å². The van der Waals surface area contributed by atoms with Crippen LogP contribution in [0.25, 0.3) is 11.4 Å². The highest BCUT2D eigenvalue weighted by molar-refractivity contribution is 7.99. The Hall–Kier alpha value is -2.05. The van der Waals surface area contributed by atoms with E-state index in [1.54, 1.807) is 25.1 Å². The first kappa shape index (κ1) is 15.8. The summed E-state index contributed by atoms with van der Waals surface area (Å²) in [5.74, 6) is 2.57. The Morgan fingerprint density at radius 1 is 1.22 bits per heavy atom. The standard InChI is InChI=1S/C17H19N3O2S/c1-13-5-3-6-14(11-13)16-18-19-17(23-10-9-21-2)20(16)12-15-7-4-8-22-15/h3-8,11H,9-10,12H2,1-2H3. The first-order valence-corrected chi connectivity index (χ1v) is 8.41. The van der Waals surface area contributed by atoms with Gasteiger partial charge in [-0.3, -0.25) is 4.57 Å². The normalized spacial score (nSPS) is 11.0. The zero-order valence-electron chi connectivity index (χ0n) is 13.2. The smallest absolute Gasteiger partial charge is 0.192 e. The van der Waals surface area contributed by atoms with Crippen molar-refractivity contribution in [2.75, 3.05) is 19.5 Å². The van der Waals surface area contributed by atoms with Gasteiger partial charge in [0, 0.05) is 18.4 Å². The van der Waals surface area contributed by atoms with Crippen molar-refractivity contribution in [3.63, 3.8) is 0 Å². The summed E-state index contributed by atoms with van der Waals surface area (Å²) in [4.78, 5) is 0. The van der Waals surface area contributed by atoms with Gasteiger partial charge >= 0.3 is 0 Å². The molecule has 0 unspecified atom stereocenters. The average Bonchev–Trinajstić information content (AvgIpc) is 3.19. The molecule has 0 aliphatic heterocycles. The third-order valence-electron chi connectivity index (χ3n) is 3.41. The lowest BCUT2D eigenvalue weighted by molar-refractivity contribution is 0.218. The van der Waals surface area contributed by atoms with Crippen LogP contribution in [0.3, 0.4) is 0 Å². The molecule has 2 heterocycles. The molecule has 0 fully saturated rings. The summed E-state index contributed by atoms with van der Waals surface area (Å²) in [6.07, 6.45) is 1.68.